The number of hydrogen-bond acceptors (Lipinski definition) is 9. The minimum atomic E-state index is -0.846. The molecule has 1 aromatic carbocycles. The fourth-order valence-electron chi connectivity index (χ4n) is 4.86. The zero-order valence-electron chi connectivity index (χ0n) is 26.1. The highest BCUT2D eigenvalue weighted by Gasteiger charge is 2.44. The smallest absolute Gasteiger partial charge is 0.242 e. The fraction of sp³-hybridized carbons (Fsp3) is 0.700. The first-order valence-corrected chi connectivity index (χ1v) is 16.0. The van der Waals surface area contributed by atoms with Crippen LogP contribution < -0.4 is 16.4 Å². The molecule has 0 radical (unpaired) electrons. The van der Waals surface area contributed by atoms with Gasteiger partial charge in [0.05, 0.1) is 13.2 Å². The molecule has 0 aromatic heterocycles. The molecule has 3 amide bonds. The van der Waals surface area contributed by atoms with Crippen LogP contribution in [0.5, 0.6) is 0 Å². The number of methoxy groups -OCH3 is 2. The van der Waals surface area contributed by atoms with E-state index in [1.807, 2.05) is 19.1 Å². The zero-order valence-corrected chi connectivity index (χ0v) is 26.9. The first-order valence-electron chi connectivity index (χ1n) is 15.1. The Morgan fingerprint density at radius 1 is 1.05 bits per heavy atom. The van der Waals surface area contributed by atoms with Crippen molar-refractivity contribution in [1.82, 2.24) is 20.0 Å². The summed E-state index contributed by atoms with van der Waals surface area (Å²) in [5.74, 6) is -0.137. The van der Waals surface area contributed by atoms with Crippen molar-refractivity contribution in [2.45, 2.75) is 56.7 Å². The van der Waals surface area contributed by atoms with E-state index >= 15 is 0 Å². The van der Waals surface area contributed by atoms with Gasteiger partial charge < -0.3 is 40.5 Å². The Balaban J connectivity index is 1.83. The maximum Gasteiger partial charge on any atom is 0.242 e. The normalized spacial score (nSPS) is 17.5. The number of amides is 3. The molecule has 3 atom stereocenters. The number of ether oxygens (including phenoxy) is 2. The molecule has 42 heavy (non-hydrogen) atoms. The zero-order chi connectivity index (χ0) is 30.9. The maximum absolute atomic E-state index is 13.2. The fourth-order valence-corrected chi connectivity index (χ4v) is 6.32. The molecule has 0 bridgehead atoms. The number of nitrogens with two attached hydrogens (primary N) is 1. The van der Waals surface area contributed by atoms with Crippen LogP contribution >= 0.6 is 11.8 Å². The van der Waals surface area contributed by atoms with Gasteiger partial charge in [0.1, 0.15) is 16.7 Å². The molecule has 1 aromatic rings. The molecular formula is C30H52N6O5S. The number of carbonyl (C=O) groups is 3. The van der Waals surface area contributed by atoms with Gasteiger partial charge in [-0.15, -0.1) is 11.8 Å². The van der Waals surface area contributed by atoms with Crippen molar-refractivity contribution in [2.75, 3.05) is 85.1 Å². The van der Waals surface area contributed by atoms with Gasteiger partial charge in [0, 0.05) is 65.6 Å². The predicted molar refractivity (Wildman–Crippen MR) is 170 cm³/mol. The van der Waals surface area contributed by atoms with Crippen LogP contribution in [0.1, 0.15) is 39.2 Å². The van der Waals surface area contributed by atoms with E-state index < -0.39 is 11.4 Å². The van der Waals surface area contributed by atoms with Gasteiger partial charge >= 0.3 is 0 Å². The lowest BCUT2D eigenvalue weighted by atomic mass is 10.1. The van der Waals surface area contributed by atoms with Gasteiger partial charge in [-0.2, -0.15) is 0 Å². The highest BCUT2D eigenvalue weighted by Crippen LogP contribution is 2.34. The van der Waals surface area contributed by atoms with Gasteiger partial charge in [0.25, 0.3) is 0 Å². The van der Waals surface area contributed by atoms with E-state index in [9.17, 15) is 14.4 Å². The lowest BCUT2D eigenvalue weighted by Gasteiger charge is -2.31. The Morgan fingerprint density at radius 3 is 2.26 bits per heavy atom. The van der Waals surface area contributed by atoms with E-state index in [-0.39, 0.29) is 23.0 Å². The second-order valence-corrected chi connectivity index (χ2v) is 11.6. The van der Waals surface area contributed by atoms with Crippen LogP contribution in [0.3, 0.4) is 0 Å². The molecule has 1 saturated heterocycles. The second kappa shape index (κ2) is 19.7. The summed E-state index contributed by atoms with van der Waals surface area (Å²) in [5, 5.41) is 5.59. The van der Waals surface area contributed by atoms with Crippen molar-refractivity contribution in [3.8, 4) is 0 Å². The van der Waals surface area contributed by atoms with Crippen LogP contribution in [-0.2, 0) is 30.3 Å². The molecular weight excluding hydrogens is 556 g/mol. The second-order valence-electron chi connectivity index (χ2n) is 10.3. The van der Waals surface area contributed by atoms with Crippen molar-refractivity contribution in [3.05, 3.63) is 29.8 Å². The average Bonchev–Trinajstić information content (AvgIpc) is 3.33. The van der Waals surface area contributed by atoms with Gasteiger partial charge in [-0.25, -0.2) is 0 Å². The third-order valence-corrected chi connectivity index (χ3v) is 9.03. The number of anilines is 1. The van der Waals surface area contributed by atoms with Gasteiger partial charge in [-0.1, -0.05) is 26.0 Å². The molecule has 238 valence electrons. The summed E-state index contributed by atoms with van der Waals surface area (Å²) >= 11 is 1.44. The predicted octanol–water partition coefficient (Wildman–Crippen LogP) is 1.62. The van der Waals surface area contributed by atoms with Gasteiger partial charge in [0.15, 0.2) is 0 Å². The first-order chi connectivity index (χ1) is 20.3. The number of hydrogen-bond donors (Lipinski definition) is 3. The highest BCUT2D eigenvalue weighted by molar-refractivity contribution is 8.01. The number of thioether (sulfide) groups is 1. The van der Waals surface area contributed by atoms with E-state index in [1.54, 1.807) is 24.0 Å². The van der Waals surface area contributed by atoms with Crippen molar-refractivity contribution >= 4 is 35.2 Å². The number of aryl methyl sites for hydroxylation is 1. The van der Waals surface area contributed by atoms with Crippen LogP contribution in [0.4, 0.5) is 5.69 Å². The van der Waals surface area contributed by atoms with Crippen molar-refractivity contribution in [1.29, 1.82) is 0 Å². The number of nitrogens with one attached hydrogen (secondary N) is 2. The Hall–Kier alpha value is -2.38. The van der Waals surface area contributed by atoms with E-state index in [4.69, 9.17) is 15.2 Å². The van der Waals surface area contributed by atoms with Crippen LogP contribution in [0, 0.1) is 0 Å². The molecule has 0 aliphatic carbocycles. The molecule has 12 heteroatoms. The summed E-state index contributed by atoms with van der Waals surface area (Å²) in [6.07, 6.45) is 2.12. The third kappa shape index (κ3) is 11.4. The molecule has 1 heterocycles. The number of carbonyl (C=O) groups excluding carboxylic acids is 3. The summed E-state index contributed by atoms with van der Waals surface area (Å²) in [6, 6.07) is 7.25. The Morgan fingerprint density at radius 2 is 1.69 bits per heavy atom. The summed E-state index contributed by atoms with van der Waals surface area (Å²) in [5.41, 5.74) is 8.53. The Labute approximate surface area is 256 Å². The Bertz CT molecular complexity index is 941. The summed E-state index contributed by atoms with van der Waals surface area (Å²) in [4.78, 5) is 44.2. The number of likely N-dealkylation sites (N-methyl/N-ethyl adjacent to an activating group) is 2. The van der Waals surface area contributed by atoms with Gasteiger partial charge in [-0.3, -0.25) is 14.4 Å². The maximum atomic E-state index is 13.2. The summed E-state index contributed by atoms with van der Waals surface area (Å²) in [7, 11) is 3.18. The van der Waals surface area contributed by atoms with Gasteiger partial charge in [0.2, 0.25) is 17.7 Å². The summed E-state index contributed by atoms with van der Waals surface area (Å²) < 4.78 is 10.3. The highest BCUT2D eigenvalue weighted by atomic mass is 32.2. The lowest BCUT2D eigenvalue weighted by Crippen LogP contribution is -2.54. The van der Waals surface area contributed by atoms with Crippen LogP contribution in [-0.4, -0.2) is 129 Å². The lowest BCUT2D eigenvalue weighted by molar-refractivity contribution is -0.136. The number of nitrogens with zero attached hydrogens (tertiary/aromatic N) is 3. The summed E-state index contributed by atoms with van der Waals surface area (Å²) in [6.45, 7) is 12.2. The van der Waals surface area contributed by atoms with E-state index in [0.717, 1.165) is 43.7 Å². The van der Waals surface area contributed by atoms with E-state index in [1.165, 1.54) is 11.8 Å². The average molecular weight is 609 g/mol. The number of benzene rings is 1. The molecule has 4 N–H and O–H groups in total. The quantitative estimate of drug-likeness (QED) is 0.191. The van der Waals surface area contributed by atoms with Crippen molar-refractivity contribution in [3.63, 3.8) is 0 Å². The third-order valence-electron chi connectivity index (χ3n) is 7.50. The SMILES string of the molecule is CCN(CC)CCNC(=O)CCCc1ccc(NC[C@H]2SC([C@H](N)C(=O)N(CCOC)CCOC)N(CC)C2=O)cc1. The molecule has 1 aliphatic rings. The molecule has 1 aliphatic heterocycles. The standard InChI is InChI=1S/C30H52N6O5S/c1-6-34(7-2)17-16-32-26(37)11-9-10-23-12-14-24(15-13-23)33-22-25-28(38)36(8-3)30(42-25)27(31)29(39)35(18-20-40-4)19-21-41-5/h12-15,25,27,30,33H,6-11,16-22,31H2,1-5H3,(H,32,37)/t25-,27-,30?/m1/s1. The van der Waals surface area contributed by atoms with E-state index in [0.29, 0.717) is 52.4 Å². The topological polar surface area (TPSA) is 129 Å². The van der Waals surface area contributed by atoms with E-state index in [2.05, 4.69) is 41.5 Å². The number of rotatable bonds is 21. The molecule has 0 spiro atoms. The largest absolute Gasteiger partial charge is 0.383 e. The minimum absolute atomic E-state index is 0.0180. The molecule has 2 rings (SSSR count). The molecule has 0 saturated carbocycles. The van der Waals surface area contributed by atoms with Crippen molar-refractivity contribution < 1.29 is 23.9 Å². The minimum Gasteiger partial charge on any atom is -0.383 e. The van der Waals surface area contributed by atoms with Crippen LogP contribution in [0.25, 0.3) is 0 Å². The Kier molecular flexibility index (Phi) is 16.8. The first kappa shape index (κ1) is 35.8. The molecule has 1 fully saturated rings. The van der Waals surface area contributed by atoms with Crippen LogP contribution in [0.15, 0.2) is 24.3 Å². The van der Waals surface area contributed by atoms with Crippen molar-refractivity contribution in [2.24, 2.45) is 5.73 Å². The molecule has 1 unspecified atom stereocenters. The molecule has 11 nitrogen and oxygen atoms in total. The van der Waals surface area contributed by atoms with Gasteiger partial charge in [-0.05, 0) is 50.6 Å². The monoisotopic (exact) mass is 608 g/mol. The van der Waals surface area contributed by atoms with Crippen LogP contribution in [0.2, 0.25) is 0 Å².